The lowest BCUT2D eigenvalue weighted by Crippen LogP contribution is -2.56. The molecule has 2 atom stereocenters. The average Bonchev–Trinajstić information content (AvgIpc) is 3.26. The maximum absolute atomic E-state index is 14.0. The largest absolute Gasteiger partial charge is 0.497 e. The first kappa shape index (κ1) is 26.8. The van der Waals surface area contributed by atoms with E-state index in [-0.39, 0.29) is 11.8 Å². The lowest BCUT2D eigenvalue weighted by Gasteiger charge is -2.46. The van der Waals surface area contributed by atoms with E-state index in [2.05, 4.69) is 0 Å². The molecular weight excluding hydrogens is 559 g/mol. The number of rotatable bonds is 5. The number of β-lactam (4-membered cyclic amide) rings is 1. The Kier molecular flexibility index (Phi) is 6.89. The summed E-state index contributed by atoms with van der Waals surface area (Å²) in [7, 11) is 1.57. The summed E-state index contributed by atoms with van der Waals surface area (Å²) in [6.45, 7) is 1.83. The molecule has 8 heteroatoms. The topological polar surface area (TPSA) is 68.6 Å². The van der Waals surface area contributed by atoms with Gasteiger partial charge in [-0.2, -0.15) is 0 Å². The molecule has 1 aromatic heterocycles. The first-order valence-electron chi connectivity index (χ1n) is 13.0. The van der Waals surface area contributed by atoms with E-state index in [9.17, 15) is 14.4 Å². The molecule has 5 aromatic rings. The van der Waals surface area contributed by atoms with Gasteiger partial charge in [0.25, 0.3) is 11.8 Å². The number of carbonyl (C=O) groups is 3. The van der Waals surface area contributed by atoms with Gasteiger partial charge in [-0.25, -0.2) is 0 Å². The molecule has 2 unspecified atom stereocenters. The molecule has 41 heavy (non-hydrogen) atoms. The fraction of sp³-hybridized carbons (Fsp3) is 0.121. The van der Waals surface area contributed by atoms with Gasteiger partial charge >= 0.3 is 0 Å². The van der Waals surface area contributed by atoms with E-state index in [1.165, 1.54) is 4.90 Å². The van der Waals surface area contributed by atoms with Crippen LogP contribution in [0.15, 0.2) is 97.1 Å². The van der Waals surface area contributed by atoms with Crippen molar-refractivity contribution in [3.8, 4) is 5.75 Å². The van der Waals surface area contributed by atoms with Crippen LogP contribution >= 0.6 is 23.2 Å². The van der Waals surface area contributed by atoms with Gasteiger partial charge < -0.3 is 4.74 Å². The summed E-state index contributed by atoms with van der Waals surface area (Å²) in [5.41, 5.74) is 3.56. The van der Waals surface area contributed by atoms with E-state index in [0.29, 0.717) is 49.1 Å². The predicted octanol–water partition coefficient (Wildman–Crippen LogP) is 7.46. The van der Waals surface area contributed by atoms with Crippen LogP contribution in [0.4, 0.5) is 0 Å². The van der Waals surface area contributed by atoms with Crippen molar-refractivity contribution >= 4 is 51.8 Å². The Bertz CT molecular complexity index is 1810. The van der Waals surface area contributed by atoms with Crippen LogP contribution in [0.5, 0.6) is 5.75 Å². The highest BCUT2D eigenvalue weighted by Crippen LogP contribution is 2.51. The number of amides is 2. The molecule has 0 spiro atoms. The molecule has 204 valence electrons. The van der Waals surface area contributed by atoms with Crippen molar-refractivity contribution in [2.75, 3.05) is 7.11 Å². The van der Waals surface area contributed by atoms with Crippen molar-refractivity contribution < 1.29 is 19.1 Å². The Balaban J connectivity index is 1.53. The van der Waals surface area contributed by atoms with Crippen LogP contribution in [0.3, 0.4) is 0 Å². The summed E-state index contributed by atoms with van der Waals surface area (Å²) in [5, 5.41) is 1.73. The van der Waals surface area contributed by atoms with E-state index in [1.54, 1.807) is 66.3 Å². The van der Waals surface area contributed by atoms with Gasteiger partial charge in [-0.3, -0.25) is 23.9 Å². The minimum absolute atomic E-state index is 0.252. The molecule has 0 N–H and O–H groups in total. The maximum atomic E-state index is 14.0. The van der Waals surface area contributed by atoms with Crippen molar-refractivity contribution in [1.29, 1.82) is 0 Å². The molecule has 1 aliphatic rings. The first-order valence-corrected chi connectivity index (χ1v) is 13.7. The van der Waals surface area contributed by atoms with Crippen LogP contribution < -0.4 is 4.74 Å². The van der Waals surface area contributed by atoms with Gasteiger partial charge in [-0.1, -0.05) is 53.5 Å². The summed E-state index contributed by atoms with van der Waals surface area (Å²) >= 11 is 12.1. The number of likely N-dealkylation sites (tertiary alicyclic amines) is 1. The minimum atomic E-state index is -0.706. The lowest BCUT2D eigenvalue weighted by atomic mass is 9.76. The first-order chi connectivity index (χ1) is 19.8. The average molecular weight is 583 g/mol. The van der Waals surface area contributed by atoms with Gasteiger partial charge in [-0.15, -0.1) is 0 Å². The number of hydrogen-bond acceptors (Lipinski definition) is 4. The molecule has 6 rings (SSSR count). The SMILES string of the molecule is COc1ccc2c(c1)c(C1C(=O)N(C(=O)c3ccc(Cl)cc3)C1c1ccccc1)c(C)n2C(=O)c1ccc(Cl)cc1. The van der Waals surface area contributed by atoms with Crippen molar-refractivity contribution in [2.24, 2.45) is 0 Å². The smallest absolute Gasteiger partial charge is 0.262 e. The van der Waals surface area contributed by atoms with E-state index in [1.807, 2.05) is 49.4 Å². The van der Waals surface area contributed by atoms with Crippen molar-refractivity contribution in [1.82, 2.24) is 9.47 Å². The molecule has 1 aliphatic heterocycles. The van der Waals surface area contributed by atoms with Gasteiger partial charge in [0.2, 0.25) is 5.91 Å². The minimum Gasteiger partial charge on any atom is -0.497 e. The highest BCUT2D eigenvalue weighted by Gasteiger charge is 2.53. The Morgan fingerprint density at radius 3 is 1.95 bits per heavy atom. The van der Waals surface area contributed by atoms with E-state index < -0.39 is 17.9 Å². The zero-order valence-corrected chi connectivity index (χ0v) is 23.7. The number of carbonyl (C=O) groups excluding carboxylic acids is 3. The molecule has 2 amide bonds. The van der Waals surface area contributed by atoms with Crippen LogP contribution in [-0.4, -0.2) is 34.3 Å². The molecule has 0 aliphatic carbocycles. The number of nitrogens with zero attached hydrogens (tertiary/aromatic N) is 2. The second-order valence-corrected chi connectivity index (χ2v) is 10.8. The predicted molar refractivity (Wildman–Crippen MR) is 159 cm³/mol. The summed E-state index contributed by atoms with van der Waals surface area (Å²) in [6, 6.07) is 27.5. The van der Waals surface area contributed by atoms with Gasteiger partial charge in [-0.05, 0) is 84.8 Å². The Morgan fingerprint density at radius 1 is 0.780 bits per heavy atom. The Labute approximate surface area is 246 Å². The standard InChI is InChI=1S/C33H24Cl2N2O4/c1-19-28(26-18-25(41-2)16-17-27(26)36(19)31(38)21-8-12-23(34)13-9-21)29-30(20-6-4-3-5-7-20)37(33(29)40)32(39)22-10-14-24(35)15-11-22/h3-18,29-30H,1-2H3. The van der Waals surface area contributed by atoms with Crippen molar-refractivity contribution in [3.63, 3.8) is 0 Å². The summed E-state index contributed by atoms with van der Waals surface area (Å²) < 4.78 is 7.13. The molecule has 2 heterocycles. The molecule has 0 bridgehead atoms. The number of fused-ring (bicyclic) bond motifs is 1. The fourth-order valence-corrected chi connectivity index (χ4v) is 5.90. The molecule has 0 radical (unpaired) electrons. The maximum Gasteiger partial charge on any atom is 0.262 e. The number of imide groups is 1. The van der Waals surface area contributed by atoms with Gasteiger partial charge in [0.1, 0.15) is 5.75 Å². The number of methoxy groups -OCH3 is 1. The number of benzene rings is 4. The fourth-order valence-electron chi connectivity index (χ4n) is 5.64. The third-order valence-electron chi connectivity index (χ3n) is 7.61. The second-order valence-electron chi connectivity index (χ2n) is 9.88. The highest BCUT2D eigenvalue weighted by atomic mass is 35.5. The summed E-state index contributed by atoms with van der Waals surface area (Å²) in [6.07, 6.45) is 0. The van der Waals surface area contributed by atoms with Gasteiger partial charge in [0.15, 0.2) is 0 Å². The van der Waals surface area contributed by atoms with Crippen LogP contribution in [0.2, 0.25) is 10.0 Å². The normalized spacial score (nSPS) is 16.5. The third kappa shape index (κ3) is 4.49. The zero-order valence-electron chi connectivity index (χ0n) is 22.2. The number of hydrogen-bond donors (Lipinski definition) is 0. The lowest BCUT2D eigenvalue weighted by molar-refractivity contribution is -0.145. The number of ether oxygens (including phenoxy) is 1. The van der Waals surface area contributed by atoms with Crippen LogP contribution in [0, 0.1) is 6.92 Å². The van der Waals surface area contributed by atoms with Gasteiger partial charge in [0.05, 0.1) is 24.6 Å². The molecule has 6 nitrogen and oxygen atoms in total. The van der Waals surface area contributed by atoms with Gasteiger partial charge in [0, 0.05) is 32.3 Å². The van der Waals surface area contributed by atoms with Crippen LogP contribution in [-0.2, 0) is 4.79 Å². The number of halogens is 2. The zero-order chi connectivity index (χ0) is 28.8. The third-order valence-corrected chi connectivity index (χ3v) is 8.12. The van der Waals surface area contributed by atoms with Crippen molar-refractivity contribution in [2.45, 2.75) is 18.9 Å². The molecule has 0 saturated carbocycles. The molecule has 1 saturated heterocycles. The molecular formula is C33H24Cl2N2O4. The monoisotopic (exact) mass is 582 g/mol. The quantitative estimate of drug-likeness (QED) is 0.159. The Morgan fingerprint density at radius 2 is 1.37 bits per heavy atom. The van der Waals surface area contributed by atoms with Crippen LogP contribution in [0.25, 0.3) is 10.9 Å². The second kappa shape index (κ2) is 10.5. The van der Waals surface area contributed by atoms with E-state index in [4.69, 9.17) is 27.9 Å². The molecule has 1 fully saturated rings. The van der Waals surface area contributed by atoms with Crippen molar-refractivity contribution in [3.05, 3.63) is 135 Å². The van der Waals surface area contributed by atoms with E-state index >= 15 is 0 Å². The summed E-state index contributed by atoms with van der Waals surface area (Å²) in [5.74, 6) is -1.12. The highest BCUT2D eigenvalue weighted by molar-refractivity contribution is 6.31. The van der Waals surface area contributed by atoms with E-state index in [0.717, 1.165) is 5.56 Å². The van der Waals surface area contributed by atoms with Crippen LogP contribution in [0.1, 0.15) is 49.5 Å². The summed E-state index contributed by atoms with van der Waals surface area (Å²) in [4.78, 5) is 42.8. The molecule has 4 aromatic carbocycles. The number of aromatic nitrogens is 1. The Hall–Kier alpha value is -4.39.